The lowest BCUT2D eigenvalue weighted by Gasteiger charge is -2.27. The molecule has 0 saturated carbocycles. The number of hydrogen-bond donors (Lipinski definition) is 2. The van der Waals surface area contributed by atoms with Gasteiger partial charge in [0.15, 0.2) is 0 Å². The molecule has 1 aliphatic heterocycles. The molecule has 1 rings (SSSR count). The monoisotopic (exact) mass is 223 g/mol. The van der Waals surface area contributed by atoms with Crippen molar-refractivity contribution in [2.45, 2.75) is 13.3 Å². The normalized spacial score (nSPS) is 19.4. The van der Waals surface area contributed by atoms with E-state index in [1.54, 1.807) is 0 Å². The molecule has 0 unspecified atom stereocenters. The van der Waals surface area contributed by atoms with Crippen molar-refractivity contribution in [1.82, 2.24) is 15.8 Å². The first-order chi connectivity index (χ1) is 4.93. The standard InChI is InChI=1S/C7H17N3.BrH/c1-2-3-9-10-6-4-8-5-7-10;/h8-9H,2-7H2,1H3;1H. The Morgan fingerprint density at radius 3 is 2.55 bits per heavy atom. The molecule has 1 fully saturated rings. The summed E-state index contributed by atoms with van der Waals surface area (Å²) < 4.78 is 0. The SMILES string of the molecule is Br.CCCNN1CCNCC1. The topological polar surface area (TPSA) is 27.3 Å². The Labute approximate surface area is 79.3 Å². The van der Waals surface area contributed by atoms with Crippen molar-refractivity contribution < 1.29 is 0 Å². The summed E-state index contributed by atoms with van der Waals surface area (Å²) in [5.41, 5.74) is 3.36. The summed E-state index contributed by atoms with van der Waals surface area (Å²) >= 11 is 0. The lowest BCUT2D eigenvalue weighted by Crippen LogP contribution is -2.50. The van der Waals surface area contributed by atoms with E-state index in [2.05, 4.69) is 22.7 Å². The first-order valence-electron chi connectivity index (χ1n) is 4.12. The van der Waals surface area contributed by atoms with Crippen LogP contribution in [0.15, 0.2) is 0 Å². The zero-order chi connectivity index (χ0) is 7.23. The molecule has 1 heterocycles. The van der Waals surface area contributed by atoms with Crippen LogP contribution in [0.25, 0.3) is 0 Å². The van der Waals surface area contributed by atoms with Crippen LogP contribution in [0, 0.1) is 0 Å². The Balaban J connectivity index is 0.000001000. The van der Waals surface area contributed by atoms with Gasteiger partial charge in [-0.05, 0) is 6.42 Å². The van der Waals surface area contributed by atoms with Crippen LogP contribution < -0.4 is 10.7 Å². The Morgan fingerprint density at radius 2 is 2.00 bits per heavy atom. The minimum atomic E-state index is 0. The van der Waals surface area contributed by atoms with Crippen LogP contribution in [0.1, 0.15) is 13.3 Å². The van der Waals surface area contributed by atoms with Gasteiger partial charge in [-0.2, -0.15) is 0 Å². The van der Waals surface area contributed by atoms with E-state index in [-0.39, 0.29) is 17.0 Å². The van der Waals surface area contributed by atoms with Crippen molar-refractivity contribution in [1.29, 1.82) is 0 Å². The van der Waals surface area contributed by atoms with E-state index in [1.165, 1.54) is 6.42 Å². The minimum Gasteiger partial charge on any atom is -0.314 e. The van der Waals surface area contributed by atoms with Gasteiger partial charge in [0, 0.05) is 32.7 Å². The predicted octanol–water partition coefficient (Wildman–Crippen LogP) is 0.384. The highest BCUT2D eigenvalue weighted by molar-refractivity contribution is 8.93. The van der Waals surface area contributed by atoms with Crippen LogP contribution in [0.5, 0.6) is 0 Å². The second-order valence-electron chi connectivity index (χ2n) is 2.65. The average molecular weight is 224 g/mol. The molecule has 0 aromatic rings. The third-order valence-corrected chi connectivity index (χ3v) is 1.70. The van der Waals surface area contributed by atoms with Gasteiger partial charge in [-0.15, -0.1) is 17.0 Å². The van der Waals surface area contributed by atoms with Gasteiger partial charge >= 0.3 is 0 Å². The highest BCUT2D eigenvalue weighted by Crippen LogP contribution is 1.86. The van der Waals surface area contributed by atoms with Crippen molar-refractivity contribution in [3.63, 3.8) is 0 Å². The predicted molar refractivity (Wildman–Crippen MR) is 53.1 cm³/mol. The second-order valence-corrected chi connectivity index (χ2v) is 2.65. The summed E-state index contributed by atoms with van der Waals surface area (Å²) in [6.07, 6.45) is 1.21. The first kappa shape index (κ1) is 11.4. The van der Waals surface area contributed by atoms with E-state index >= 15 is 0 Å². The zero-order valence-corrected chi connectivity index (χ0v) is 8.81. The van der Waals surface area contributed by atoms with Crippen molar-refractivity contribution in [3.8, 4) is 0 Å². The van der Waals surface area contributed by atoms with Crippen LogP contribution in [-0.4, -0.2) is 37.7 Å². The molecule has 0 aromatic heterocycles. The van der Waals surface area contributed by atoms with Gasteiger partial charge in [0.05, 0.1) is 0 Å². The van der Waals surface area contributed by atoms with Crippen molar-refractivity contribution in [2.75, 3.05) is 32.7 Å². The Kier molecular flexibility index (Phi) is 7.26. The van der Waals surface area contributed by atoms with Crippen molar-refractivity contribution in [3.05, 3.63) is 0 Å². The largest absolute Gasteiger partial charge is 0.314 e. The number of hydrogen-bond acceptors (Lipinski definition) is 3. The quantitative estimate of drug-likeness (QED) is 0.726. The fourth-order valence-corrected chi connectivity index (χ4v) is 1.09. The number of halogens is 1. The molecule has 3 nitrogen and oxygen atoms in total. The highest BCUT2D eigenvalue weighted by Gasteiger charge is 2.06. The number of hydrazine groups is 1. The van der Waals surface area contributed by atoms with Gasteiger partial charge in [-0.3, -0.25) is 5.43 Å². The smallest absolute Gasteiger partial charge is 0.0256 e. The Morgan fingerprint density at radius 1 is 1.36 bits per heavy atom. The molecule has 11 heavy (non-hydrogen) atoms. The van der Waals surface area contributed by atoms with Gasteiger partial charge in [-0.1, -0.05) is 6.92 Å². The lowest BCUT2D eigenvalue weighted by molar-refractivity contribution is 0.165. The van der Waals surface area contributed by atoms with E-state index in [4.69, 9.17) is 0 Å². The van der Waals surface area contributed by atoms with E-state index in [0.717, 1.165) is 32.7 Å². The van der Waals surface area contributed by atoms with Gasteiger partial charge in [0.2, 0.25) is 0 Å². The molecule has 2 N–H and O–H groups in total. The molecule has 0 radical (unpaired) electrons. The molecule has 4 heteroatoms. The zero-order valence-electron chi connectivity index (χ0n) is 7.10. The highest BCUT2D eigenvalue weighted by atomic mass is 79.9. The maximum atomic E-state index is 3.36. The fourth-order valence-electron chi connectivity index (χ4n) is 1.09. The molecule has 0 aliphatic carbocycles. The number of piperazine rings is 1. The van der Waals surface area contributed by atoms with Crippen molar-refractivity contribution >= 4 is 17.0 Å². The van der Waals surface area contributed by atoms with E-state index < -0.39 is 0 Å². The summed E-state index contributed by atoms with van der Waals surface area (Å²) in [4.78, 5) is 0. The molecule has 68 valence electrons. The van der Waals surface area contributed by atoms with Gasteiger partial charge in [0.1, 0.15) is 0 Å². The summed E-state index contributed by atoms with van der Waals surface area (Å²) in [6.45, 7) is 7.82. The first-order valence-corrected chi connectivity index (χ1v) is 4.12. The van der Waals surface area contributed by atoms with Gasteiger partial charge in [0.25, 0.3) is 0 Å². The lowest BCUT2D eigenvalue weighted by atomic mass is 10.4. The molecule has 0 bridgehead atoms. The fraction of sp³-hybridized carbons (Fsp3) is 1.00. The third kappa shape index (κ3) is 4.74. The molecule has 0 atom stereocenters. The maximum absolute atomic E-state index is 3.36. The summed E-state index contributed by atoms with van der Waals surface area (Å²) in [7, 11) is 0. The molecular weight excluding hydrogens is 206 g/mol. The molecule has 1 aliphatic rings. The van der Waals surface area contributed by atoms with Crippen LogP contribution in [-0.2, 0) is 0 Å². The second kappa shape index (κ2) is 7.03. The van der Waals surface area contributed by atoms with E-state index in [9.17, 15) is 0 Å². The van der Waals surface area contributed by atoms with Crippen molar-refractivity contribution in [2.24, 2.45) is 0 Å². The molecule has 0 amide bonds. The summed E-state index contributed by atoms with van der Waals surface area (Å²) in [5, 5.41) is 5.60. The summed E-state index contributed by atoms with van der Waals surface area (Å²) in [6, 6.07) is 0. The number of nitrogens with zero attached hydrogens (tertiary/aromatic N) is 1. The Bertz CT molecular complexity index is 83.8. The molecular formula is C7H18BrN3. The third-order valence-electron chi connectivity index (χ3n) is 1.70. The van der Waals surface area contributed by atoms with Crippen LogP contribution in [0.2, 0.25) is 0 Å². The van der Waals surface area contributed by atoms with E-state index in [1.807, 2.05) is 0 Å². The van der Waals surface area contributed by atoms with Gasteiger partial charge in [-0.25, -0.2) is 5.01 Å². The van der Waals surface area contributed by atoms with Crippen LogP contribution in [0.3, 0.4) is 0 Å². The maximum Gasteiger partial charge on any atom is 0.0256 e. The van der Waals surface area contributed by atoms with Crippen LogP contribution in [0.4, 0.5) is 0 Å². The molecule has 0 aromatic carbocycles. The molecule has 1 saturated heterocycles. The minimum absolute atomic E-state index is 0. The number of rotatable bonds is 3. The summed E-state index contributed by atoms with van der Waals surface area (Å²) in [5.74, 6) is 0. The van der Waals surface area contributed by atoms with Crippen LogP contribution >= 0.6 is 17.0 Å². The number of nitrogens with one attached hydrogen (secondary N) is 2. The van der Waals surface area contributed by atoms with Gasteiger partial charge < -0.3 is 5.32 Å². The average Bonchev–Trinajstić information content (AvgIpc) is 2.03. The van der Waals surface area contributed by atoms with E-state index in [0.29, 0.717) is 0 Å². The molecule has 0 spiro atoms. The Hall–Kier alpha value is 0.360.